The third-order valence-electron chi connectivity index (χ3n) is 3.79. The van der Waals surface area contributed by atoms with Crippen LogP contribution < -0.4 is 4.80 Å². The van der Waals surface area contributed by atoms with E-state index in [0.717, 1.165) is 23.2 Å². The first-order valence-corrected chi connectivity index (χ1v) is 8.81. The Labute approximate surface area is 149 Å². The van der Waals surface area contributed by atoms with Crippen LogP contribution in [0, 0.1) is 0 Å². The molecule has 0 aliphatic carbocycles. The lowest BCUT2D eigenvalue weighted by molar-refractivity contribution is 0.0600. The molecule has 2 aromatic carbocycles. The van der Waals surface area contributed by atoms with Crippen LogP contribution in [0.2, 0.25) is 0 Å². The molecule has 0 aliphatic heterocycles. The quantitative estimate of drug-likeness (QED) is 0.672. The van der Waals surface area contributed by atoms with Crippen molar-refractivity contribution in [2.75, 3.05) is 7.11 Å². The Balaban J connectivity index is 1.99. The average Bonchev–Trinajstić information content (AvgIpc) is 2.99. The topological polar surface area (TPSA) is 60.7 Å². The Morgan fingerprint density at radius 1 is 1.08 bits per heavy atom. The molecule has 3 rings (SSSR count). The molecular formula is C19H18N2O3S. The molecule has 1 heterocycles. The van der Waals surface area contributed by atoms with Crippen LogP contribution in [-0.4, -0.2) is 23.6 Å². The van der Waals surface area contributed by atoms with Crippen molar-refractivity contribution in [3.05, 3.63) is 64.5 Å². The molecule has 0 spiro atoms. The molecule has 25 heavy (non-hydrogen) atoms. The predicted molar refractivity (Wildman–Crippen MR) is 97.8 cm³/mol. The van der Waals surface area contributed by atoms with Gasteiger partial charge in [0.05, 0.1) is 22.9 Å². The number of esters is 1. The molecule has 0 atom stereocenters. The van der Waals surface area contributed by atoms with Gasteiger partial charge >= 0.3 is 5.97 Å². The first-order valence-electron chi connectivity index (χ1n) is 8.00. The zero-order valence-corrected chi connectivity index (χ0v) is 14.9. The number of benzene rings is 2. The van der Waals surface area contributed by atoms with Gasteiger partial charge in [-0.3, -0.25) is 4.79 Å². The average molecular weight is 354 g/mol. The third-order valence-corrected chi connectivity index (χ3v) is 4.84. The minimum absolute atomic E-state index is 0.326. The van der Waals surface area contributed by atoms with Gasteiger partial charge in [-0.2, -0.15) is 4.99 Å². The minimum Gasteiger partial charge on any atom is -0.465 e. The third kappa shape index (κ3) is 3.53. The summed E-state index contributed by atoms with van der Waals surface area (Å²) in [5.41, 5.74) is 1.93. The van der Waals surface area contributed by atoms with Gasteiger partial charge in [-0.25, -0.2) is 4.79 Å². The Hall–Kier alpha value is -2.73. The Morgan fingerprint density at radius 3 is 2.44 bits per heavy atom. The molecule has 6 heteroatoms. The summed E-state index contributed by atoms with van der Waals surface area (Å²) in [5.74, 6) is -0.756. The number of ether oxygens (including phenoxy) is 1. The molecule has 0 aliphatic rings. The van der Waals surface area contributed by atoms with Crippen molar-refractivity contribution >= 4 is 33.4 Å². The van der Waals surface area contributed by atoms with Gasteiger partial charge in [-0.1, -0.05) is 30.4 Å². The normalized spacial score (nSPS) is 11.7. The van der Waals surface area contributed by atoms with E-state index in [1.165, 1.54) is 18.4 Å². The molecule has 0 saturated carbocycles. The molecule has 0 fully saturated rings. The number of para-hydroxylation sites is 1. The maximum Gasteiger partial charge on any atom is 0.337 e. The molecular weight excluding hydrogens is 336 g/mol. The number of methoxy groups -OCH3 is 1. The standard InChI is InChI=1S/C19H18N2O3S/c1-3-12-21-15-6-4-5-7-16(15)25-19(21)20-17(22)13-8-10-14(11-9-13)18(23)24-2/h4-11H,3,12H2,1-2H3. The van der Waals surface area contributed by atoms with Gasteiger partial charge in [-0.15, -0.1) is 0 Å². The van der Waals surface area contributed by atoms with Crippen LogP contribution in [0.4, 0.5) is 0 Å². The summed E-state index contributed by atoms with van der Waals surface area (Å²) < 4.78 is 7.83. The van der Waals surface area contributed by atoms with Crippen LogP contribution in [0.5, 0.6) is 0 Å². The zero-order chi connectivity index (χ0) is 17.8. The molecule has 1 aromatic heterocycles. The van der Waals surface area contributed by atoms with Crippen molar-refractivity contribution in [1.29, 1.82) is 0 Å². The maximum atomic E-state index is 12.5. The van der Waals surface area contributed by atoms with Crippen molar-refractivity contribution < 1.29 is 14.3 Å². The molecule has 0 N–H and O–H groups in total. The van der Waals surface area contributed by atoms with Crippen LogP contribution in [0.1, 0.15) is 34.1 Å². The number of carbonyl (C=O) groups excluding carboxylic acids is 2. The van der Waals surface area contributed by atoms with E-state index in [0.29, 0.717) is 15.9 Å². The molecule has 1 amide bonds. The highest BCUT2D eigenvalue weighted by atomic mass is 32.1. The molecule has 128 valence electrons. The molecule has 0 bridgehead atoms. The molecule has 3 aromatic rings. The number of thiazole rings is 1. The van der Waals surface area contributed by atoms with Crippen LogP contribution in [0.15, 0.2) is 53.5 Å². The van der Waals surface area contributed by atoms with Crippen molar-refractivity contribution in [2.45, 2.75) is 19.9 Å². The van der Waals surface area contributed by atoms with E-state index in [-0.39, 0.29) is 5.91 Å². The second-order valence-electron chi connectivity index (χ2n) is 5.49. The largest absolute Gasteiger partial charge is 0.465 e. The van der Waals surface area contributed by atoms with Gasteiger partial charge in [0.2, 0.25) is 0 Å². The van der Waals surface area contributed by atoms with E-state index in [2.05, 4.69) is 21.2 Å². The summed E-state index contributed by atoms with van der Waals surface area (Å²) in [4.78, 5) is 29.0. The Morgan fingerprint density at radius 2 is 1.76 bits per heavy atom. The summed E-state index contributed by atoms with van der Waals surface area (Å²) in [5, 5.41) is 0. The fourth-order valence-electron chi connectivity index (χ4n) is 2.56. The highest BCUT2D eigenvalue weighted by molar-refractivity contribution is 7.16. The van der Waals surface area contributed by atoms with Gasteiger partial charge in [0.1, 0.15) is 0 Å². The number of amides is 1. The van der Waals surface area contributed by atoms with Gasteiger partial charge in [0.25, 0.3) is 5.91 Å². The lowest BCUT2D eigenvalue weighted by atomic mass is 10.1. The highest BCUT2D eigenvalue weighted by Gasteiger charge is 2.10. The van der Waals surface area contributed by atoms with Crippen molar-refractivity contribution in [3.8, 4) is 0 Å². The van der Waals surface area contributed by atoms with E-state index < -0.39 is 5.97 Å². The molecule has 0 radical (unpaired) electrons. The number of hydrogen-bond acceptors (Lipinski definition) is 4. The van der Waals surface area contributed by atoms with E-state index in [9.17, 15) is 9.59 Å². The van der Waals surface area contributed by atoms with Crippen LogP contribution in [0.25, 0.3) is 10.2 Å². The van der Waals surface area contributed by atoms with Crippen molar-refractivity contribution in [2.24, 2.45) is 4.99 Å². The van der Waals surface area contributed by atoms with E-state index in [4.69, 9.17) is 0 Å². The summed E-state index contributed by atoms with van der Waals surface area (Å²) in [6.45, 7) is 2.90. The van der Waals surface area contributed by atoms with Crippen LogP contribution >= 0.6 is 11.3 Å². The summed E-state index contributed by atoms with van der Waals surface area (Å²) >= 11 is 1.50. The zero-order valence-electron chi connectivity index (χ0n) is 14.1. The van der Waals surface area contributed by atoms with E-state index in [1.807, 2.05) is 24.3 Å². The summed E-state index contributed by atoms with van der Waals surface area (Å²) in [6, 6.07) is 14.4. The number of aryl methyl sites for hydroxylation is 1. The SMILES string of the molecule is CCCn1c(=NC(=O)c2ccc(C(=O)OC)cc2)sc2ccccc21. The highest BCUT2D eigenvalue weighted by Crippen LogP contribution is 2.17. The number of carbonyl (C=O) groups is 2. The van der Waals surface area contributed by atoms with Gasteiger partial charge in [0, 0.05) is 12.1 Å². The molecule has 0 saturated heterocycles. The van der Waals surface area contributed by atoms with Gasteiger partial charge in [0.15, 0.2) is 4.80 Å². The van der Waals surface area contributed by atoms with E-state index in [1.54, 1.807) is 24.3 Å². The molecule has 5 nitrogen and oxygen atoms in total. The maximum absolute atomic E-state index is 12.5. The number of hydrogen-bond donors (Lipinski definition) is 0. The van der Waals surface area contributed by atoms with Gasteiger partial charge < -0.3 is 9.30 Å². The number of rotatable bonds is 4. The van der Waals surface area contributed by atoms with E-state index >= 15 is 0 Å². The summed E-state index contributed by atoms with van der Waals surface area (Å²) in [6.07, 6.45) is 0.954. The van der Waals surface area contributed by atoms with Gasteiger partial charge in [-0.05, 0) is 42.8 Å². The molecule has 0 unspecified atom stereocenters. The summed E-state index contributed by atoms with van der Waals surface area (Å²) in [7, 11) is 1.32. The monoisotopic (exact) mass is 354 g/mol. The second-order valence-corrected chi connectivity index (χ2v) is 6.50. The van der Waals surface area contributed by atoms with Crippen LogP contribution in [0.3, 0.4) is 0 Å². The predicted octanol–water partition coefficient (Wildman–Crippen LogP) is 3.64. The van der Waals surface area contributed by atoms with Crippen LogP contribution in [-0.2, 0) is 11.3 Å². The lowest BCUT2D eigenvalue weighted by Gasteiger charge is -2.02. The fourth-order valence-corrected chi connectivity index (χ4v) is 3.62. The lowest BCUT2D eigenvalue weighted by Crippen LogP contribution is -2.16. The first-order chi connectivity index (χ1) is 12.1. The van der Waals surface area contributed by atoms with Crippen molar-refractivity contribution in [3.63, 3.8) is 0 Å². The second kappa shape index (κ2) is 7.44. The fraction of sp³-hybridized carbons (Fsp3) is 0.211. The Kier molecular flexibility index (Phi) is 5.09. The van der Waals surface area contributed by atoms with Crippen molar-refractivity contribution in [1.82, 2.24) is 4.57 Å². The smallest absolute Gasteiger partial charge is 0.337 e. The number of nitrogens with zero attached hydrogens (tertiary/aromatic N) is 2. The minimum atomic E-state index is -0.429. The number of aromatic nitrogens is 1. The first kappa shape index (κ1) is 17.1. The number of fused-ring (bicyclic) bond motifs is 1. The Bertz CT molecular complexity index is 984.